The predicted molar refractivity (Wildman–Crippen MR) is 90.3 cm³/mol. The first-order valence-electron chi connectivity index (χ1n) is 7.79. The van der Waals surface area contributed by atoms with Crippen molar-refractivity contribution in [2.45, 2.75) is 13.8 Å². The molecule has 134 valence electrons. The zero-order valence-corrected chi connectivity index (χ0v) is 14.1. The molecule has 0 amide bonds. The second-order valence-electron chi connectivity index (χ2n) is 5.92. The number of ether oxygens (including phenoxy) is 1. The third-order valence-corrected chi connectivity index (χ3v) is 3.43. The molecule has 0 fully saturated rings. The summed E-state index contributed by atoms with van der Waals surface area (Å²) in [7, 11) is 0. The van der Waals surface area contributed by atoms with Gasteiger partial charge in [-0.15, -0.1) is 5.10 Å². The molecule has 0 atom stereocenters. The van der Waals surface area contributed by atoms with Crippen molar-refractivity contribution >= 4 is 5.97 Å². The summed E-state index contributed by atoms with van der Waals surface area (Å²) in [5, 5.41) is 20.0. The van der Waals surface area contributed by atoms with Gasteiger partial charge in [-0.25, -0.2) is 9.78 Å². The molecule has 26 heavy (non-hydrogen) atoms. The Labute approximate surface area is 147 Å². The highest BCUT2D eigenvalue weighted by atomic mass is 16.5. The molecular formula is C16H16N6O4. The number of hydrogen-bond acceptors (Lipinski definition) is 7. The van der Waals surface area contributed by atoms with E-state index in [2.05, 4.69) is 25.5 Å². The van der Waals surface area contributed by atoms with Crippen molar-refractivity contribution in [2.75, 3.05) is 6.61 Å². The molecule has 0 bridgehead atoms. The standard InChI is InChI=1S/C16H16N6O4/c1-9(2)7-26-13-4-3-10(5-12(13)22-8-18-20-21-22)14-17-6-11(16(24)25)15(23)19-14/h3-6,8-9H,7H2,1-2H3,(H,24,25)(H,17,19,23). The second-order valence-corrected chi connectivity index (χ2v) is 5.92. The van der Waals surface area contributed by atoms with E-state index in [1.54, 1.807) is 18.2 Å². The van der Waals surface area contributed by atoms with E-state index in [0.717, 1.165) is 6.20 Å². The molecule has 0 aliphatic carbocycles. The first-order chi connectivity index (χ1) is 12.5. The fraction of sp³-hybridized carbons (Fsp3) is 0.250. The van der Waals surface area contributed by atoms with Crippen LogP contribution in [0, 0.1) is 5.92 Å². The minimum atomic E-state index is -1.34. The minimum Gasteiger partial charge on any atom is -0.491 e. The fourth-order valence-corrected chi connectivity index (χ4v) is 2.19. The summed E-state index contributed by atoms with van der Waals surface area (Å²) in [5.41, 5.74) is -0.0301. The molecule has 3 rings (SSSR count). The summed E-state index contributed by atoms with van der Waals surface area (Å²) in [5.74, 6) is -0.209. The molecule has 10 nitrogen and oxygen atoms in total. The van der Waals surface area contributed by atoms with Crippen LogP contribution in [-0.2, 0) is 0 Å². The van der Waals surface area contributed by atoms with Gasteiger partial charge < -0.3 is 14.8 Å². The van der Waals surface area contributed by atoms with Crippen molar-refractivity contribution in [1.29, 1.82) is 0 Å². The first-order valence-corrected chi connectivity index (χ1v) is 7.79. The number of rotatable bonds is 6. The zero-order chi connectivity index (χ0) is 18.7. The van der Waals surface area contributed by atoms with Gasteiger partial charge in [0.25, 0.3) is 5.56 Å². The predicted octanol–water partition coefficient (Wildman–Crippen LogP) is 1.15. The van der Waals surface area contributed by atoms with Gasteiger partial charge in [0, 0.05) is 11.8 Å². The van der Waals surface area contributed by atoms with Crippen molar-refractivity contribution in [2.24, 2.45) is 5.92 Å². The van der Waals surface area contributed by atoms with Crippen LogP contribution >= 0.6 is 0 Å². The number of aromatic amines is 1. The Balaban J connectivity index is 2.04. The molecule has 0 aliphatic rings. The van der Waals surface area contributed by atoms with Gasteiger partial charge in [-0.3, -0.25) is 4.79 Å². The van der Waals surface area contributed by atoms with E-state index in [9.17, 15) is 9.59 Å². The average Bonchev–Trinajstić information content (AvgIpc) is 3.13. The monoisotopic (exact) mass is 356 g/mol. The molecule has 2 N–H and O–H groups in total. The molecule has 10 heteroatoms. The number of carboxylic acid groups (broad SMARTS) is 1. The van der Waals surface area contributed by atoms with Crippen molar-refractivity contribution in [1.82, 2.24) is 30.2 Å². The van der Waals surface area contributed by atoms with Gasteiger partial charge in [0.15, 0.2) is 0 Å². The van der Waals surface area contributed by atoms with E-state index in [0.29, 0.717) is 29.5 Å². The summed E-state index contributed by atoms with van der Waals surface area (Å²) in [6, 6.07) is 5.13. The maximum absolute atomic E-state index is 11.9. The SMILES string of the molecule is CC(C)COc1ccc(-c2ncc(C(=O)O)c(=O)[nH]2)cc1-n1cnnn1. The second kappa shape index (κ2) is 7.13. The summed E-state index contributed by atoms with van der Waals surface area (Å²) >= 11 is 0. The average molecular weight is 356 g/mol. The molecular weight excluding hydrogens is 340 g/mol. The van der Waals surface area contributed by atoms with Crippen molar-refractivity contribution in [3.63, 3.8) is 0 Å². The van der Waals surface area contributed by atoms with E-state index < -0.39 is 17.1 Å². The summed E-state index contributed by atoms with van der Waals surface area (Å²) < 4.78 is 7.23. The Bertz CT molecular complexity index is 981. The van der Waals surface area contributed by atoms with Gasteiger partial charge in [-0.1, -0.05) is 13.8 Å². The van der Waals surface area contributed by atoms with Crippen LogP contribution in [0.2, 0.25) is 0 Å². The van der Waals surface area contributed by atoms with Gasteiger partial charge >= 0.3 is 5.97 Å². The Morgan fingerprint density at radius 3 is 2.81 bits per heavy atom. The maximum atomic E-state index is 11.9. The Morgan fingerprint density at radius 1 is 1.38 bits per heavy atom. The lowest BCUT2D eigenvalue weighted by Crippen LogP contribution is -2.18. The van der Waals surface area contributed by atoms with Crippen LogP contribution in [-0.4, -0.2) is 47.9 Å². The number of nitrogens with zero attached hydrogens (tertiary/aromatic N) is 5. The summed E-state index contributed by atoms with van der Waals surface area (Å²) in [6.45, 7) is 4.57. The largest absolute Gasteiger partial charge is 0.491 e. The Kier molecular flexibility index (Phi) is 4.74. The van der Waals surface area contributed by atoms with Gasteiger partial charge in [0.1, 0.15) is 29.2 Å². The highest BCUT2D eigenvalue weighted by Gasteiger charge is 2.14. The van der Waals surface area contributed by atoms with Crippen LogP contribution in [0.25, 0.3) is 17.1 Å². The third kappa shape index (κ3) is 3.58. The van der Waals surface area contributed by atoms with Gasteiger partial charge in [0.05, 0.1) is 6.61 Å². The van der Waals surface area contributed by atoms with Crippen LogP contribution in [0.5, 0.6) is 5.75 Å². The summed E-state index contributed by atoms with van der Waals surface area (Å²) in [6.07, 6.45) is 2.45. The molecule has 0 radical (unpaired) electrons. The number of aromatic nitrogens is 6. The number of H-pyrrole nitrogens is 1. The van der Waals surface area contributed by atoms with E-state index >= 15 is 0 Å². The van der Waals surface area contributed by atoms with Gasteiger partial charge in [-0.2, -0.15) is 4.68 Å². The van der Waals surface area contributed by atoms with Crippen LogP contribution < -0.4 is 10.3 Å². The van der Waals surface area contributed by atoms with Crippen molar-refractivity contribution in [3.8, 4) is 22.8 Å². The molecule has 0 saturated carbocycles. The zero-order valence-electron chi connectivity index (χ0n) is 14.1. The van der Waals surface area contributed by atoms with Crippen LogP contribution in [0.15, 0.2) is 35.5 Å². The Morgan fingerprint density at radius 2 is 2.19 bits per heavy atom. The van der Waals surface area contributed by atoms with Crippen LogP contribution in [0.1, 0.15) is 24.2 Å². The van der Waals surface area contributed by atoms with Crippen molar-refractivity contribution in [3.05, 3.63) is 46.6 Å². The molecule has 0 spiro atoms. The van der Waals surface area contributed by atoms with E-state index in [1.807, 2.05) is 13.8 Å². The topological polar surface area (TPSA) is 136 Å². The smallest absolute Gasteiger partial charge is 0.342 e. The molecule has 2 aromatic heterocycles. The number of aromatic carboxylic acids is 1. The van der Waals surface area contributed by atoms with Crippen molar-refractivity contribution < 1.29 is 14.6 Å². The molecule has 0 aliphatic heterocycles. The number of carbonyl (C=O) groups is 1. The molecule has 3 aromatic rings. The number of nitrogens with one attached hydrogen (secondary N) is 1. The van der Waals surface area contributed by atoms with E-state index in [4.69, 9.17) is 9.84 Å². The first kappa shape index (κ1) is 17.3. The molecule has 2 heterocycles. The number of carboxylic acids is 1. The summed E-state index contributed by atoms with van der Waals surface area (Å²) in [4.78, 5) is 29.3. The lowest BCUT2D eigenvalue weighted by molar-refractivity contribution is 0.0694. The van der Waals surface area contributed by atoms with Gasteiger partial charge in [-0.05, 0) is 34.5 Å². The molecule has 1 aromatic carbocycles. The number of hydrogen-bond donors (Lipinski definition) is 2. The third-order valence-electron chi connectivity index (χ3n) is 3.43. The van der Waals surface area contributed by atoms with E-state index in [1.165, 1.54) is 11.0 Å². The van der Waals surface area contributed by atoms with Crippen LogP contribution in [0.4, 0.5) is 0 Å². The Hall–Kier alpha value is -3.56. The van der Waals surface area contributed by atoms with Gasteiger partial charge in [0.2, 0.25) is 0 Å². The highest BCUT2D eigenvalue weighted by Crippen LogP contribution is 2.27. The molecule has 0 unspecified atom stereocenters. The lowest BCUT2D eigenvalue weighted by atomic mass is 10.1. The maximum Gasteiger partial charge on any atom is 0.342 e. The minimum absolute atomic E-state index is 0.227. The van der Waals surface area contributed by atoms with Crippen LogP contribution in [0.3, 0.4) is 0 Å². The van der Waals surface area contributed by atoms with E-state index in [-0.39, 0.29) is 5.82 Å². The number of tetrazole rings is 1. The number of benzene rings is 1. The quantitative estimate of drug-likeness (QED) is 0.671. The highest BCUT2D eigenvalue weighted by molar-refractivity contribution is 5.86. The molecule has 0 saturated heterocycles. The fourth-order valence-electron chi connectivity index (χ4n) is 2.19. The normalized spacial score (nSPS) is 10.9. The lowest BCUT2D eigenvalue weighted by Gasteiger charge is -2.13.